The molecule has 0 aliphatic heterocycles. The van der Waals surface area contributed by atoms with Crippen molar-refractivity contribution in [1.29, 1.82) is 0 Å². The molecule has 1 amide bonds. The second-order valence-corrected chi connectivity index (χ2v) is 8.99. The molecule has 0 aromatic heterocycles. The van der Waals surface area contributed by atoms with Crippen LogP contribution in [-0.4, -0.2) is 19.4 Å². The fourth-order valence-corrected chi connectivity index (χ4v) is 4.19. The molecule has 31 heavy (non-hydrogen) atoms. The molecule has 160 valence electrons. The number of hydrogen-bond donors (Lipinski definition) is 3. The zero-order valence-corrected chi connectivity index (χ0v) is 18.4. The van der Waals surface area contributed by atoms with Crippen LogP contribution in [-0.2, 0) is 10.0 Å². The predicted octanol–water partition coefficient (Wildman–Crippen LogP) is 4.37. The molecule has 9 heteroatoms. The lowest BCUT2D eigenvalue weighted by atomic mass is 10.1. The Bertz CT molecular complexity index is 1220. The first-order valence-corrected chi connectivity index (χ1v) is 11.1. The fraction of sp³-hybridized carbons (Fsp3) is 0.0909. The lowest BCUT2D eigenvalue weighted by Gasteiger charge is -2.12. The van der Waals surface area contributed by atoms with E-state index in [1.54, 1.807) is 18.2 Å². The van der Waals surface area contributed by atoms with E-state index < -0.39 is 21.7 Å². The van der Waals surface area contributed by atoms with E-state index in [1.165, 1.54) is 42.5 Å². The Labute approximate surface area is 185 Å². The first-order chi connectivity index (χ1) is 14.6. The Morgan fingerprint density at radius 3 is 2.13 bits per heavy atom. The minimum Gasteiger partial charge on any atom is -0.332 e. The molecule has 0 aliphatic carbocycles. The molecule has 0 heterocycles. The fourth-order valence-electron chi connectivity index (χ4n) is 2.94. The number of amides is 1. The van der Waals surface area contributed by atoms with Gasteiger partial charge >= 0.3 is 0 Å². The van der Waals surface area contributed by atoms with E-state index in [0.717, 1.165) is 11.1 Å². The summed E-state index contributed by atoms with van der Waals surface area (Å²) in [6.45, 7) is 3.78. The summed E-state index contributed by atoms with van der Waals surface area (Å²) in [6, 6.07) is 16.8. The summed E-state index contributed by atoms with van der Waals surface area (Å²) in [4.78, 5) is 12.2. The van der Waals surface area contributed by atoms with Gasteiger partial charge in [0.25, 0.3) is 15.9 Å². The highest BCUT2D eigenvalue weighted by Gasteiger charge is 2.15. The second kappa shape index (κ2) is 9.23. The summed E-state index contributed by atoms with van der Waals surface area (Å²) in [5.41, 5.74) is 2.71. The van der Waals surface area contributed by atoms with E-state index in [9.17, 15) is 17.6 Å². The van der Waals surface area contributed by atoms with Crippen LogP contribution in [0.3, 0.4) is 0 Å². The van der Waals surface area contributed by atoms with Crippen LogP contribution in [0, 0.1) is 19.7 Å². The van der Waals surface area contributed by atoms with Gasteiger partial charge in [0.2, 0.25) is 0 Å². The Morgan fingerprint density at radius 1 is 0.903 bits per heavy atom. The summed E-state index contributed by atoms with van der Waals surface area (Å²) < 4.78 is 41.5. The van der Waals surface area contributed by atoms with Gasteiger partial charge in [0.15, 0.2) is 5.11 Å². The number of aryl methyl sites for hydroxylation is 2. The molecule has 0 unspecified atom stereocenters. The van der Waals surface area contributed by atoms with Crippen molar-refractivity contribution >= 4 is 44.6 Å². The molecular formula is C22H20FN3O3S2. The first-order valence-electron chi connectivity index (χ1n) is 9.22. The molecule has 0 saturated heterocycles. The molecule has 6 nitrogen and oxygen atoms in total. The van der Waals surface area contributed by atoms with Crippen molar-refractivity contribution in [3.8, 4) is 0 Å². The van der Waals surface area contributed by atoms with E-state index in [0.29, 0.717) is 11.4 Å². The largest absolute Gasteiger partial charge is 0.332 e. The van der Waals surface area contributed by atoms with Crippen LogP contribution in [0.5, 0.6) is 0 Å². The number of halogens is 1. The lowest BCUT2D eigenvalue weighted by molar-refractivity contribution is 0.0974. The summed E-state index contributed by atoms with van der Waals surface area (Å²) in [6.07, 6.45) is 0. The third-order valence-corrected chi connectivity index (χ3v) is 5.84. The van der Waals surface area contributed by atoms with Crippen LogP contribution in [0.1, 0.15) is 21.5 Å². The van der Waals surface area contributed by atoms with E-state index in [-0.39, 0.29) is 15.6 Å². The number of sulfonamides is 1. The van der Waals surface area contributed by atoms with Crippen LogP contribution in [0.2, 0.25) is 0 Å². The summed E-state index contributed by atoms with van der Waals surface area (Å²) in [5, 5.41) is 5.11. The summed E-state index contributed by atoms with van der Waals surface area (Å²) in [7, 11) is -3.77. The van der Waals surface area contributed by atoms with Crippen molar-refractivity contribution < 1.29 is 17.6 Å². The van der Waals surface area contributed by atoms with Crippen molar-refractivity contribution in [1.82, 2.24) is 5.32 Å². The quantitative estimate of drug-likeness (QED) is 0.495. The van der Waals surface area contributed by atoms with E-state index in [2.05, 4.69) is 15.4 Å². The van der Waals surface area contributed by atoms with Gasteiger partial charge in [-0.1, -0.05) is 18.2 Å². The molecule has 0 bridgehead atoms. The number of nitrogens with one attached hydrogen (secondary N) is 3. The second-order valence-electron chi connectivity index (χ2n) is 6.89. The zero-order chi connectivity index (χ0) is 22.6. The number of hydrogen-bond acceptors (Lipinski definition) is 4. The van der Waals surface area contributed by atoms with Gasteiger partial charge in [-0.2, -0.15) is 0 Å². The summed E-state index contributed by atoms with van der Waals surface area (Å²) >= 11 is 5.08. The number of benzene rings is 3. The highest BCUT2D eigenvalue weighted by molar-refractivity contribution is 7.92. The molecule has 3 rings (SSSR count). The normalized spacial score (nSPS) is 10.9. The van der Waals surface area contributed by atoms with Gasteiger partial charge in [-0.05, 0) is 85.7 Å². The van der Waals surface area contributed by atoms with Gasteiger partial charge in [0.05, 0.1) is 10.5 Å². The van der Waals surface area contributed by atoms with Gasteiger partial charge < -0.3 is 5.32 Å². The molecular weight excluding hydrogens is 437 g/mol. The van der Waals surface area contributed by atoms with E-state index >= 15 is 0 Å². The average Bonchev–Trinajstić information content (AvgIpc) is 2.67. The van der Waals surface area contributed by atoms with E-state index in [4.69, 9.17) is 12.2 Å². The molecule has 3 N–H and O–H groups in total. The van der Waals surface area contributed by atoms with Gasteiger partial charge in [-0.25, -0.2) is 12.8 Å². The molecule has 0 radical (unpaired) electrons. The molecule has 0 fully saturated rings. The van der Waals surface area contributed by atoms with Gasteiger partial charge in [0, 0.05) is 11.4 Å². The third kappa shape index (κ3) is 5.87. The Morgan fingerprint density at radius 2 is 1.52 bits per heavy atom. The highest BCUT2D eigenvalue weighted by Crippen LogP contribution is 2.20. The van der Waals surface area contributed by atoms with Gasteiger partial charge in [-0.3, -0.25) is 14.8 Å². The molecule has 0 spiro atoms. The number of carbonyl (C=O) groups excluding carboxylic acids is 1. The number of carbonyl (C=O) groups is 1. The van der Waals surface area contributed by atoms with Crippen molar-refractivity contribution in [2.75, 3.05) is 10.0 Å². The average molecular weight is 458 g/mol. The van der Waals surface area contributed by atoms with Gasteiger partial charge in [0.1, 0.15) is 5.82 Å². The molecule has 0 atom stereocenters. The molecule has 0 saturated carbocycles. The van der Waals surface area contributed by atoms with Crippen LogP contribution in [0.25, 0.3) is 0 Å². The van der Waals surface area contributed by atoms with Crippen molar-refractivity contribution in [2.24, 2.45) is 0 Å². The van der Waals surface area contributed by atoms with Crippen molar-refractivity contribution in [3.05, 3.63) is 89.2 Å². The minimum atomic E-state index is -3.77. The third-order valence-electron chi connectivity index (χ3n) is 4.24. The summed E-state index contributed by atoms with van der Waals surface area (Å²) in [5.74, 6) is -1.35. The predicted molar refractivity (Wildman–Crippen MR) is 123 cm³/mol. The molecule has 3 aromatic rings. The first kappa shape index (κ1) is 22.4. The monoisotopic (exact) mass is 457 g/mol. The minimum absolute atomic E-state index is 0.0442. The maximum absolute atomic E-state index is 13.7. The van der Waals surface area contributed by atoms with Crippen LogP contribution < -0.4 is 15.4 Å². The zero-order valence-electron chi connectivity index (χ0n) is 16.8. The number of anilines is 2. The van der Waals surface area contributed by atoms with Crippen LogP contribution in [0.15, 0.2) is 71.6 Å². The van der Waals surface area contributed by atoms with Crippen LogP contribution in [0.4, 0.5) is 15.8 Å². The Kier molecular flexibility index (Phi) is 6.67. The number of thiocarbonyl (C=S) groups is 1. The smallest absolute Gasteiger partial charge is 0.261 e. The Balaban J connectivity index is 1.66. The maximum atomic E-state index is 13.7. The van der Waals surface area contributed by atoms with Crippen molar-refractivity contribution in [3.63, 3.8) is 0 Å². The van der Waals surface area contributed by atoms with Gasteiger partial charge in [-0.15, -0.1) is 0 Å². The SMILES string of the molecule is Cc1cc(C)cc(NS(=O)(=O)c2ccc(NC(=S)NC(=O)c3ccccc3F)cc2)c1. The van der Waals surface area contributed by atoms with Crippen LogP contribution >= 0.6 is 12.2 Å². The molecule has 3 aromatic carbocycles. The van der Waals surface area contributed by atoms with Crippen molar-refractivity contribution in [2.45, 2.75) is 18.7 Å². The highest BCUT2D eigenvalue weighted by atomic mass is 32.2. The topological polar surface area (TPSA) is 87.3 Å². The number of rotatable bonds is 5. The van der Waals surface area contributed by atoms with E-state index in [1.807, 2.05) is 19.9 Å². The standard InChI is InChI=1S/C22H20FN3O3S2/c1-14-11-15(2)13-17(12-14)26-31(28,29)18-9-7-16(8-10-18)24-22(30)25-21(27)19-5-3-4-6-20(19)23/h3-13,26H,1-2H3,(H2,24,25,27,30). The molecule has 0 aliphatic rings. The lowest BCUT2D eigenvalue weighted by Crippen LogP contribution is -2.34. The Hall–Kier alpha value is -3.30. The maximum Gasteiger partial charge on any atom is 0.261 e.